The van der Waals surface area contributed by atoms with Crippen molar-refractivity contribution >= 4 is 5.91 Å². The van der Waals surface area contributed by atoms with Gasteiger partial charge in [-0.05, 0) is 23.1 Å². The van der Waals surface area contributed by atoms with Crippen LogP contribution in [-0.4, -0.2) is 5.91 Å². The molecule has 2 aromatic carbocycles. The molecule has 1 amide bonds. The summed E-state index contributed by atoms with van der Waals surface area (Å²) in [4.78, 5) is 12.4. The molecule has 0 saturated carbocycles. The van der Waals surface area contributed by atoms with E-state index in [2.05, 4.69) is 41.7 Å². The summed E-state index contributed by atoms with van der Waals surface area (Å²) in [5, 5.41) is 2.99. The molecule has 0 aliphatic rings. The van der Waals surface area contributed by atoms with Gasteiger partial charge in [0, 0.05) is 25.6 Å². The van der Waals surface area contributed by atoms with E-state index in [0.717, 1.165) is 12.0 Å². The van der Waals surface area contributed by atoms with Crippen molar-refractivity contribution in [2.45, 2.75) is 25.9 Å². The molecule has 0 bridgehead atoms. The molecule has 0 spiro atoms. The van der Waals surface area contributed by atoms with Gasteiger partial charge in [-0.1, -0.05) is 60.7 Å². The Morgan fingerprint density at radius 3 is 1.96 bits per heavy atom. The first-order valence-corrected chi connectivity index (χ1v) is 8.57. The Bertz CT molecular complexity index is 798. The average Bonchev–Trinajstić information content (AvgIpc) is 2.68. The number of rotatable bonds is 6. The van der Waals surface area contributed by atoms with E-state index in [4.69, 9.17) is 0 Å². The van der Waals surface area contributed by atoms with E-state index in [1.165, 1.54) is 11.1 Å². The zero-order chi connectivity index (χ0) is 17.5. The Labute approximate surface area is 149 Å². The van der Waals surface area contributed by atoms with Gasteiger partial charge >= 0.3 is 0 Å². The number of benzene rings is 2. The van der Waals surface area contributed by atoms with Crippen LogP contribution in [0.5, 0.6) is 0 Å². The lowest BCUT2D eigenvalue weighted by atomic mass is 10.1. The Hall–Kier alpha value is -2.94. The number of hydrogen-bond acceptors (Lipinski definition) is 1. The largest absolute Gasteiger partial charge is 0.346 e. The second kappa shape index (κ2) is 8.25. The van der Waals surface area contributed by atoms with Crippen molar-refractivity contribution in [3.8, 4) is 0 Å². The van der Waals surface area contributed by atoms with Gasteiger partial charge in [-0.25, -0.2) is 0 Å². The molecule has 3 nitrogen and oxygen atoms in total. The van der Waals surface area contributed by atoms with Gasteiger partial charge in [-0.2, -0.15) is 4.57 Å². The fourth-order valence-electron chi connectivity index (χ4n) is 2.74. The van der Waals surface area contributed by atoms with Crippen molar-refractivity contribution in [3.63, 3.8) is 0 Å². The molecular weight excluding hydrogens is 308 g/mol. The molecule has 0 unspecified atom stereocenters. The average molecular weight is 331 g/mol. The van der Waals surface area contributed by atoms with Gasteiger partial charge in [-0.15, -0.1) is 0 Å². The summed E-state index contributed by atoms with van der Waals surface area (Å²) in [6.07, 6.45) is 4.85. The normalized spacial score (nSPS) is 11.7. The van der Waals surface area contributed by atoms with Crippen molar-refractivity contribution < 1.29 is 9.36 Å². The summed E-state index contributed by atoms with van der Waals surface area (Å²) in [7, 11) is 0. The molecule has 1 aromatic heterocycles. The highest BCUT2D eigenvalue weighted by atomic mass is 16.2. The second-order valence-electron chi connectivity index (χ2n) is 6.20. The Kier molecular flexibility index (Phi) is 5.57. The number of hydrogen-bond donors (Lipinski definition) is 1. The number of nitrogens with zero attached hydrogens (tertiary/aromatic N) is 1. The third-order valence-corrected chi connectivity index (χ3v) is 4.31. The van der Waals surface area contributed by atoms with Gasteiger partial charge in [0.25, 0.3) is 5.91 Å². The number of carbonyl (C=O) groups excluding carboxylic acids is 1. The lowest BCUT2D eigenvalue weighted by Gasteiger charge is -2.09. The maximum absolute atomic E-state index is 12.4. The summed E-state index contributed by atoms with van der Waals surface area (Å²) >= 11 is 0. The van der Waals surface area contributed by atoms with Gasteiger partial charge in [-0.3, -0.25) is 4.79 Å². The standard InChI is InChI=1S/C22H22N2O/c1-18(22(25)23-17-21-10-6-3-7-11-21)24-14-12-20(13-15-24)16-19-8-4-2-5-9-19/h2-15,18H,16-17H2,1H3/p+1/t18-/m1/s1. The van der Waals surface area contributed by atoms with Crippen LogP contribution in [0.1, 0.15) is 29.7 Å². The predicted octanol–water partition coefficient (Wildman–Crippen LogP) is 3.44. The highest BCUT2D eigenvalue weighted by molar-refractivity contribution is 5.78. The molecule has 1 atom stereocenters. The monoisotopic (exact) mass is 331 g/mol. The van der Waals surface area contributed by atoms with Crippen LogP contribution < -0.4 is 9.88 Å². The highest BCUT2D eigenvalue weighted by Gasteiger charge is 2.21. The molecule has 0 fully saturated rings. The topological polar surface area (TPSA) is 33.0 Å². The van der Waals surface area contributed by atoms with Crippen LogP contribution in [0.15, 0.2) is 85.2 Å². The number of nitrogens with one attached hydrogen (secondary N) is 1. The first kappa shape index (κ1) is 16.9. The van der Waals surface area contributed by atoms with Crippen LogP contribution in [0.2, 0.25) is 0 Å². The third-order valence-electron chi connectivity index (χ3n) is 4.31. The number of amides is 1. The fourth-order valence-corrected chi connectivity index (χ4v) is 2.74. The minimum Gasteiger partial charge on any atom is -0.346 e. The number of pyridine rings is 1. The first-order chi connectivity index (χ1) is 12.2. The lowest BCUT2D eigenvalue weighted by Crippen LogP contribution is -2.46. The molecule has 0 radical (unpaired) electrons. The molecule has 3 rings (SSSR count). The van der Waals surface area contributed by atoms with Crippen LogP contribution in [0.3, 0.4) is 0 Å². The summed E-state index contributed by atoms with van der Waals surface area (Å²) in [6.45, 7) is 2.47. The molecule has 0 aliphatic heterocycles. The maximum Gasteiger partial charge on any atom is 0.289 e. The van der Waals surface area contributed by atoms with E-state index in [0.29, 0.717) is 6.54 Å². The van der Waals surface area contributed by atoms with E-state index in [1.54, 1.807) is 0 Å². The molecule has 1 N–H and O–H groups in total. The molecule has 0 aliphatic carbocycles. The summed E-state index contributed by atoms with van der Waals surface area (Å²) in [5.41, 5.74) is 3.62. The molecule has 0 saturated heterocycles. The fraction of sp³-hybridized carbons (Fsp3) is 0.182. The zero-order valence-corrected chi connectivity index (χ0v) is 14.4. The minimum atomic E-state index is -0.241. The van der Waals surface area contributed by atoms with E-state index < -0.39 is 0 Å². The van der Waals surface area contributed by atoms with Gasteiger partial charge in [0.1, 0.15) is 0 Å². The molecule has 1 heterocycles. The van der Waals surface area contributed by atoms with Crippen LogP contribution in [-0.2, 0) is 17.8 Å². The SMILES string of the molecule is C[C@H](C(=O)NCc1ccccc1)[n+]1ccc(Cc2ccccc2)cc1. The first-order valence-electron chi connectivity index (χ1n) is 8.57. The molecular formula is C22H23N2O+. The van der Waals surface area contributed by atoms with Gasteiger partial charge in [0.2, 0.25) is 6.04 Å². The van der Waals surface area contributed by atoms with Crippen LogP contribution in [0.25, 0.3) is 0 Å². The molecule has 3 aromatic rings. The minimum absolute atomic E-state index is 0.0182. The summed E-state index contributed by atoms with van der Waals surface area (Å²) < 4.78 is 1.94. The number of carbonyl (C=O) groups is 1. The Balaban J connectivity index is 1.58. The quantitative estimate of drug-likeness (QED) is 0.690. The van der Waals surface area contributed by atoms with E-state index in [1.807, 2.05) is 60.3 Å². The predicted molar refractivity (Wildman–Crippen MR) is 98.9 cm³/mol. The van der Waals surface area contributed by atoms with Crippen molar-refractivity contribution in [3.05, 3.63) is 102 Å². The van der Waals surface area contributed by atoms with Crippen molar-refractivity contribution in [2.24, 2.45) is 0 Å². The Morgan fingerprint density at radius 2 is 1.36 bits per heavy atom. The van der Waals surface area contributed by atoms with E-state index >= 15 is 0 Å². The van der Waals surface area contributed by atoms with Gasteiger partial charge < -0.3 is 5.32 Å². The lowest BCUT2D eigenvalue weighted by molar-refractivity contribution is -0.706. The molecule has 126 valence electrons. The van der Waals surface area contributed by atoms with Crippen molar-refractivity contribution in [1.82, 2.24) is 5.32 Å². The maximum atomic E-state index is 12.4. The second-order valence-corrected chi connectivity index (χ2v) is 6.20. The van der Waals surface area contributed by atoms with E-state index in [-0.39, 0.29) is 11.9 Å². The zero-order valence-electron chi connectivity index (χ0n) is 14.4. The van der Waals surface area contributed by atoms with E-state index in [9.17, 15) is 4.79 Å². The Morgan fingerprint density at radius 1 is 0.840 bits per heavy atom. The van der Waals surface area contributed by atoms with Gasteiger partial charge in [0.05, 0.1) is 0 Å². The van der Waals surface area contributed by atoms with Crippen LogP contribution in [0, 0.1) is 0 Å². The van der Waals surface area contributed by atoms with Crippen LogP contribution >= 0.6 is 0 Å². The number of aromatic nitrogens is 1. The smallest absolute Gasteiger partial charge is 0.289 e. The summed E-state index contributed by atoms with van der Waals surface area (Å²) in [5.74, 6) is 0.0182. The summed E-state index contributed by atoms with van der Waals surface area (Å²) in [6, 6.07) is 24.2. The van der Waals surface area contributed by atoms with Gasteiger partial charge in [0.15, 0.2) is 12.4 Å². The molecule has 25 heavy (non-hydrogen) atoms. The van der Waals surface area contributed by atoms with Crippen molar-refractivity contribution in [1.29, 1.82) is 0 Å². The molecule has 3 heteroatoms. The van der Waals surface area contributed by atoms with Crippen molar-refractivity contribution in [2.75, 3.05) is 0 Å². The van der Waals surface area contributed by atoms with Crippen LogP contribution in [0.4, 0.5) is 0 Å². The highest BCUT2D eigenvalue weighted by Crippen LogP contribution is 2.08. The third kappa shape index (κ3) is 4.77.